The van der Waals surface area contributed by atoms with Crippen molar-refractivity contribution in [2.75, 3.05) is 4.43 Å². The van der Waals surface area contributed by atoms with Crippen LogP contribution in [0.1, 0.15) is 12.0 Å². The lowest BCUT2D eigenvalue weighted by atomic mass is 10.2. The van der Waals surface area contributed by atoms with Gasteiger partial charge in [-0.2, -0.15) is 0 Å². The van der Waals surface area contributed by atoms with Crippen LogP contribution in [-0.2, 0) is 16.1 Å². The van der Waals surface area contributed by atoms with Crippen molar-refractivity contribution in [1.29, 1.82) is 0 Å². The molecule has 0 saturated heterocycles. The van der Waals surface area contributed by atoms with Gasteiger partial charge in [-0.1, -0.05) is 59.0 Å². The standard InChI is InChI=1S/C12H13IO2/c13-9-5-4-8-12(14)15-10-11-6-2-1-3-7-11/h1-4,6-8H,5,9-10H2/b8-4+. The fourth-order valence-corrected chi connectivity index (χ4v) is 1.38. The molecule has 0 aliphatic carbocycles. The zero-order valence-electron chi connectivity index (χ0n) is 8.36. The summed E-state index contributed by atoms with van der Waals surface area (Å²) in [5.41, 5.74) is 1.01. The van der Waals surface area contributed by atoms with E-state index < -0.39 is 0 Å². The van der Waals surface area contributed by atoms with Crippen molar-refractivity contribution >= 4 is 28.6 Å². The second kappa shape index (κ2) is 7.45. The van der Waals surface area contributed by atoms with E-state index in [1.54, 1.807) is 0 Å². The molecular weight excluding hydrogens is 303 g/mol. The zero-order chi connectivity index (χ0) is 10.9. The molecule has 0 N–H and O–H groups in total. The molecule has 2 nitrogen and oxygen atoms in total. The lowest BCUT2D eigenvalue weighted by Crippen LogP contribution is -2.00. The van der Waals surface area contributed by atoms with Gasteiger partial charge in [-0.15, -0.1) is 0 Å². The molecule has 0 aromatic heterocycles. The number of alkyl halides is 1. The van der Waals surface area contributed by atoms with E-state index in [0.29, 0.717) is 6.61 Å². The van der Waals surface area contributed by atoms with Crippen molar-refractivity contribution in [3.63, 3.8) is 0 Å². The van der Waals surface area contributed by atoms with Crippen molar-refractivity contribution in [1.82, 2.24) is 0 Å². The van der Waals surface area contributed by atoms with Gasteiger partial charge in [0.15, 0.2) is 0 Å². The predicted molar refractivity (Wildman–Crippen MR) is 68.9 cm³/mol. The maximum absolute atomic E-state index is 11.2. The molecule has 1 aromatic rings. The zero-order valence-corrected chi connectivity index (χ0v) is 10.5. The Kier molecular flexibility index (Phi) is 6.08. The third-order valence-corrected chi connectivity index (χ3v) is 2.38. The Labute approximate surface area is 103 Å². The minimum atomic E-state index is -0.274. The Bertz CT molecular complexity index is 320. The van der Waals surface area contributed by atoms with E-state index in [-0.39, 0.29) is 5.97 Å². The molecule has 0 unspecified atom stereocenters. The van der Waals surface area contributed by atoms with Crippen LogP contribution in [0, 0.1) is 0 Å². The van der Waals surface area contributed by atoms with Gasteiger partial charge in [-0.05, 0) is 12.0 Å². The van der Waals surface area contributed by atoms with Crippen LogP contribution >= 0.6 is 22.6 Å². The van der Waals surface area contributed by atoms with E-state index >= 15 is 0 Å². The van der Waals surface area contributed by atoms with E-state index in [4.69, 9.17) is 4.74 Å². The Morgan fingerprint density at radius 3 is 2.73 bits per heavy atom. The summed E-state index contributed by atoms with van der Waals surface area (Å²) in [7, 11) is 0. The van der Waals surface area contributed by atoms with E-state index in [1.165, 1.54) is 6.08 Å². The molecule has 1 aromatic carbocycles. The summed E-state index contributed by atoms with van der Waals surface area (Å²) in [4.78, 5) is 11.2. The third-order valence-electron chi connectivity index (χ3n) is 1.75. The third kappa shape index (κ3) is 5.57. The molecule has 0 aliphatic heterocycles. The highest BCUT2D eigenvalue weighted by Crippen LogP contribution is 2.01. The minimum Gasteiger partial charge on any atom is -0.458 e. The van der Waals surface area contributed by atoms with Gasteiger partial charge < -0.3 is 4.74 Å². The van der Waals surface area contributed by atoms with Crippen LogP contribution in [0.4, 0.5) is 0 Å². The molecule has 0 spiro atoms. The first kappa shape index (κ1) is 12.2. The summed E-state index contributed by atoms with van der Waals surface area (Å²) < 4.78 is 6.06. The first-order valence-corrected chi connectivity index (χ1v) is 6.28. The second-order valence-corrected chi connectivity index (χ2v) is 4.05. The fourth-order valence-electron chi connectivity index (χ4n) is 1.02. The van der Waals surface area contributed by atoms with E-state index in [0.717, 1.165) is 16.4 Å². The number of carbonyl (C=O) groups is 1. The van der Waals surface area contributed by atoms with Crippen molar-refractivity contribution in [2.45, 2.75) is 13.0 Å². The van der Waals surface area contributed by atoms with E-state index in [2.05, 4.69) is 22.6 Å². The van der Waals surface area contributed by atoms with Gasteiger partial charge in [0.1, 0.15) is 6.61 Å². The average Bonchev–Trinajstić information content (AvgIpc) is 2.28. The molecule has 15 heavy (non-hydrogen) atoms. The number of benzene rings is 1. The minimum absolute atomic E-state index is 0.274. The molecule has 0 heterocycles. The van der Waals surface area contributed by atoms with Crippen LogP contribution in [0.15, 0.2) is 42.5 Å². The molecule has 1 rings (SSSR count). The Morgan fingerprint density at radius 2 is 2.07 bits per heavy atom. The summed E-state index contributed by atoms with van der Waals surface area (Å²) in [6, 6.07) is 9.65. The molecule has 0 fully saturated rings. The van der Waals surface area contributed by atoms with Gasteiger partial charge in [-0.25, -0.2) is 4.79 Å². The van der Waals surface area contributed by atoms with Gasteiger partial charge in [0.2, 0.25) is 0 Å². The molecule has 80 valence electrons. The van der Waals surface area contributed by atoms with Gasteiger partial charge in [0.25, 0.3) is 0 Å². The number of allylic oxidation sites excluding steroid dienone is 1. The van der Waals surface area contributed by atoms with Crippen molar-refractivity contribution < 1.29 is 9.53 Å². The molecule has 3 heteroatoms. The number of hydrogen-bond acceptors (Lipinski definition) is 2. The number of carbonyl (C=O) groups excluding carboxylic acids is 1. The number of rotatable bonds is 5. The Hall–Kier alpha value is -0.840. The molecular formula is C12H13IO2. The highest BCUT2D eigenvalue weighted by atomic mass is 127. The average molecular weight is 316 g/mol. The van der Waals surface area contributed by atoms with Crippen LogP contribution in [0.3, 0.4) is 0 Å². The molecule has 0 bridgehead atoms. The van der Waals surface area contributed by atoms with Gasteiger partial charge in [-0.3, -0.25) is 0 Å². The van der Waals surface area contributed by atoms with Crippen molar-refractivity contribution in [2.24, 2.45) is 0 Å². The molecule has 0 saturated carbocycles. The fraction of sp³-hybridized carbons (Fsp3) is 0.250. The van der Waals surface area contributed by atoms with Crippen LogP contribution in [0.25, 0.3) is 0 Å². The van der Waals surface area contributed by atoms with Crippen LogP contribution in [0.5, 0.6) is 0 Å². The second-order valence-electron chi connectivity index (χ2n) is 2.97. The highest BCUT2D eigenvalue weighted by Gasteiger charge is 1.96. The maximum Gasteiger partial charge on any atom is 0.330 e. The van der Waals surface area contributed by atoms with Crippen LogP contribution < -0.4 is 0 Å². The van der Waals surface area contributed by atoms with Crippen molar-refractivity contribution in [3.05, 3.63) is 48.0 Å². The molecule has 0 amide bonds. The Morgan fingerprint density at radius 1 is 1.33 bits per heavy atom. The summed E-state index contributed by atoms with van der Waals surface area (Å²) in [6.45, 7) is 0.342. The summed E-state index contributed by atoms with van der Waals surface area (Å²) in [5, 5.41) is 0. The summed E-state index contributed by atoms with van der Waals surface area (Å²) >= 11 is 2.26. The summed E-state index contributed by atoms with van der Waals surface area (Å²) in [6.07, 6.45) is 4.22. The van der Waals surface area contributed by atoms with Crippen LogP contribution in [0.2, 0.25) is 0 Å². The Balaban J connectivity index is 2.28. The first-order chi connectivity index (χ1) is 7.33. The normalized spacial score (nSPS) is 10.5. The monoisotopic (exact) mass is 316 g/mol. The van der Waals surface area contributed by atoms with E-state index in [9.17, 15) is 4.79 Å². The maximum atomic E-state index is 11.2. The summed E-state index contributed by atoms with van der Waals surface area (Å²) in [5.74, 6) is -0.274. The lowest BCUT2D eigenvalue weighted by molar-refractivity contribution is -0.139. The molecule has 0 atom stereocenters. The SMILES string of the molecule is O=C(/C=C/CCI)OCc1ccccc1. The van der Waals surface area contributed by atoms with Crippen LogP contribution in [-0.4, -0.2) is 10.4 Å². The quantitative estimate of drug-likeness (QED) is 0.361. The smallest absolute Gasteiger partial charge is 0.330 e. The first-order valence-electron chi connectivity index (χ1n) is 4.76. The van der Waals surface area contributed by atoms with Gasteiger partial charge >= 0.3 is 5.97 Å². The lowest BCUT2D eigenvalue weighted by Gasteiger charge is -2.01. The highest BCUT2D eigenvalue weighted by molar-refractivity contribution is 14.1. The molecule has 0 aliphatic rings. The number of ether oxygens (including phenoxy) is 1. The number of halogens is 1. The topological polar surface area (TPSA) is 26.3 Å². The van der Waals surface area contributed by atoms with Gasteiger partial charge in [0, 0.05) is 10.5 Å². The number of esters is 1. The van der Waals surface area contributed by atoms with Crippen molar-refractivity contribution in [3.8, 4) is 0 Å². The van der Waals surface area contributed by atoms with Gasteiger partial charge in [0.05, 0.1) is 0 Å². The van der Waals surface area contributed by atoms with E-state index in [1.807, 2.05) is 36.4 Å². The number of hydrogen-bond donors (Lipinski definition) is 0. The predicted octanol–water partition coefficient (Wildman–Crippen LogP) is 3.11. The molecule has 0 radical (unpaired) electrons. The largest absolute Gasteiger partial charge is 0.458 e.